The Labute approximate surface area is 203 Å². The van der Waals surface area contributed by atoms with Crippen molar-refractivity contribution in [1.29, 1.82) is 0 Å². The van der Waals surface area contributed by atoms with Crippen molar-refractivity contribution in [1.82, 2.24) is 5.43 Å². The number of hydrogen-bond donors (Lipinski definition) is 1. The van der Waals surface area contributed by atoms with Crippen LogP contribution in [0.25, 0.3) is 10.8 Å². The number of fused-ring (bicyclic) bond motifs is 1. The number of allylic oxidation sites excluding steroid dienone is 1. The minimum absolute atomic E-state index is 0.158. The third-order valence-electron chi connectivity index (χ3n) is 5.20. The van der Waals surface area contributed by atoms with Gasteiger partial charge in [-0.25, -0.2) is 10.2 Å². The van der Waals surface area contributed by atoms with Crippen molar-refractivity contribution in [2.24, 2.45) is 5.10 Å². The lowest BCUT2D eigenvalue weighted by molar-refractivity contribution is -0.123. The topological polar surface area (TPSA) is 77.0 Å². The first-order chi connectivity index (χ1) is 17.1. The van der Waals surface area contributed by atoms with Crippen LogP contribution < -0.4 is 14.9 Å². The second kappa shape index (κ2) is 11.4. The average Bonchev–Trinajstić information content (AvgIpc) is 2.89. The van der Waals surface area contributed by atoms with Gasteiger partial charge in [0.25, 0.3) is 5.91 Å². The van der Waals surface area contributed by atoms with Crippen LogP contribution in [0.4, 0.5) is 0 Å². The summed E-state index contributed by atoms with van der Waals surface area (Å²) in [6.45, 7) is 3.57. The van der Waals surface area contributed by atoms with Crippen LogP contribution >= 0.6 is 0 Å². The zero-order chi connectivity index (χ0) is 24.5. The number of amides is 1. The highest BCUT2D eigenvalue weighted by Gasteiger charge is 2.12. The Morgan fingerprint density at radius 3 is 2.46 bits per heavy atom. The molecule has 0 atom stereocenters. The number of ether oxygens (including phenoxy) is 2. The molecule has 0 heterocycles. The summed E-state index contributed by atoms with van der Waals surface area (Å²) in [5, 5.41) is 5.77. The highest BCUT2D eigenvalue weighted by Crippen LogP contribution is 2.21. The van der Waals surface area contributed by atoms with E-state index in [1.807, 2.05) is 60.7 Å². The second-order valence-electron chi connectivity index (χ2n) is 7.67. The molecule has 0 saturated heterocycles. The third kappa shape index (κ3) is 6.21. The first-order valence-electron chi connectivity index (χ1n) is 11.1. The smallest absolute Gasteiger partial charge is 0.344 e. The lowest BCUT2D eigenvalue weighted by Crippen LogP contribution is -2.24. The fourth-order valence-electron chi connectivity index (χ4n) is 3.51. The molecule has 4 aromatic rings. The van der Waals surface area contributed by atoms with Crippen molar-refractivity contribution in [3.8, 4) is 11.5 Å². The summed E-state index contributed by atoms with van der Waals surface area (Å²) in [6.07, 6.45) is 3.94. The van der Waals surface area contributed by atoms with Gasteiger partial charge in [0.2, 0.25) is 0 Å². The van der Waals surface area contributed by atoms with Gasteiger partial charge < -0.3 is 9.47 Å². The summed E-state index contributed by atoms with van der Waals surface area (Å²) in [6, 6.07) is 27.5. The van der Waals surface area contributed by atoms with Crippen LogP contribution in [-0.4, -0.2) is 24.7 Å². The van der Waals surface area contributed by atoms with Gasteiger partial charge in [0.1, 0.15) is 11.5 Å². The van der Waals surface area contributed by atoms with Crippen LogP contribution in [-0.2, 0) is 11.2 Å². The predicted octanol–water partition coefficient (Wildman–Crippen LogP) is 5.32. The number of carbonyl (C=O) groups excluding carboxylic acids is 2. The summed E-state index contributed by atoms with van der Waals surface area (Å²) in [5.74, 6) is 0.247. The number of hydrogen-bond acceptors (Lipinski definition) is 5. The van der Waals surface area contributed by atoms with E-state index in [0.717, 1.165) is 21.9 Å². The van der Waals surface area contributed by atoms with Gasteiger partial charge in [-0.05, 0) is 64.7 Å². The van der Waals surface area contributed by atoms with Gasteiger partial charge >= 0.3 is 5.97 Å². The number of benzene rings is 4. The molecule has 0 unspecified atom stereocenters. The van der Waals surface area contributed by atoms with E-state index in [4.69, 9.17) is 9.47 Å². The lowest BCUT2D eigenvalue weighted by Gasteiger charge is -2.09. The molecule has 0 spiro atoms. The van der Waals surface area contributed by atoms with Crippen molar-refractivity contribution < 1.29 is 19.1 Å². The molecule has 1 N–H and O–H groups in total. The quantitative estimate of drug-likeness (QED) is 0.120. The van der Waals surface area contributed by atoms with E-state index in [-0.39, 0.29) is 12.5 Å². The van der Waals surface area contributed by atoms with E-state index in [1.54, 1.807) is 36.4 Å². The fraction of sp³-hybridized carbons (Fsp3) is 0.0690. The van der Waals surface area contributed by atoms with Crippen molar-refractivity contribution in [3.05, 3.63) is 120 Å². The standard InChI is InChI=1S/C29H24N2O4/c1-2-8-23-10-4-6-14-27(23)34-20-28(32)31-30-19-21-15-17-24(18-16-21)35-29(33)26-13-7-11-22-9-3-5-12-25(22)26/h2-7,9-19H,1,8,20H2,(H,31,32)/b30-19-. The summed E-state index contributed by atoms with van der Waals surface area (Å²) in [4.78, 5) is 24.7. The molecule has 174 valence electrons. The minimum atomic E-state index is -0.426. The molecule has 0 saturated carbocycles. The molecule has 0 fully saturated rings. The predicted molar refractivity (Wildman–Crippen MR) is 137 cm³/mol. The largest absolute Gasteiger partial charge is 0.483 e. The Morgan fingerprint density at radius 2 is 1.63 bits per heavy atom. The summed E-state index contributed by atoms with van der Waals surface area (Å²) in [5.41, 5.74) is 4.63. The molecule has 0 aliphatic carbocycles. The molecule has 4 rings (SSSR count). The molecule has 0 aromatic heterocycles. The Bertz CT molecular complexity index is 1370. The number of esters is 1. The van der Waals surface area contributed by atoms with E-state index >= 15 is 0 Å². The molecule has 6 heteroatoms. The SMILES string of the molecule is C=CCc1ccccc1OCC(=O)N/N=C\c1ccc(OC(=O)c2cccc3ccccc23)cc1. The third-order valence-corrected chi connectivity index (χ3v) is 5.20. The number of para-hydroxylation sites is 1. The van der Waals surface area contributed by atoms with Crippen LogP contribution in [0, 0.1) is 0 Å². The monoisotopic (exact) mass is 464 g/mol. The highest BCUT2D eigenvalue weighted by atomic mass is 16.5. The number of nitrogens with one attached hydrogen (secondary N) is 1. The number of rotatable bonds is 9. The van der Waals surface area contributed by atoms with E-state index in [0.29, 0.717) is 23.5 Å². The molecule has 0 aliphatic heterocycles. The second-order valence-corrected chi connectivity index (χ2v) is 7.67. The highest BCUT2D eigenvalue weighted by molar-refractivity contribution is 6.05. The lowest BCUT2D eigenvalue weighted by atomic mass is 10.0. The molecule has 0 aliphatic rings. The molecular weight excluding hydrogens is 440 g/mol. The van der Waals surface area contributed by atoms with Crippen LogP contribution in [0.2, 0.25) is 0 Å². The van der Waals surface area contributed by atoms with Gasteiger partial charge in [0.15, 0.2) is 6.61 Å². The van der Waals surface area contributed by atoms with Gasteiger partial charge in [-0.1, -0.05) is 60.7 Å². The molecule has 0 radical (unpaired) electrons. The Kier molecular flexibility index (Phi) is 7.66. The summed E-state index contributed by atoms with van der Waals surface area (Å²) < 4.78 is 11.1. The van der Waals surface area contributed by atoms with E-state index in [9.17, 15) is 9.59 Å². The Balaban J connectivity index is 1.29. The normalized spacial score (nSPS) is 10.7. The van der Waals surface area contributed by atoms with Crippen molar-refractivity contribution in [3.63, 3.8) is 0 Å². The maximum atomic E-state index is 12.7. The van der Waals surface area contributed by atoms with Crippen molar-refractivity contribution >= 4 is 28.9 Å². The van der Waals surface area contributed by atoms with Crippen LogP contribution in [0.15, 0.2) is 109 Å². The molecule has 4 aromatic carbocycles. The van der Waals surface area contributed by atoms with Crippen LogP contribution in [0.5, 0.6) is 11.5 Å². The van der Waals surface area contributed by atoms with E-state index in [2.05, 4.69) is 17.1 Å². The van der Waals surface area contributed by atoms with Gasteiger partial charge in [0.05, 0.1) is 11.8 Å². The van der Waals surface area contributed by atoms with Gasteiger partial charge in [-0.3, -0.25) is 4.79 Å². The average molecular weight is 465 g/mol. The summed E-state index contributed by atoms with van der Waals surface area (Å²) in [7, 11) is 0. The Morgan fingerprint density at radius 1 is 0.886 bits per heavy atom. The number of nitrogens with zero attached hydrogens (tertiary/aromatic N) is 1. The first-order valence-corrected chi connectivity index (χ1v) is 11.1. The zero-order valence-corrected chi connectivity index (χ0v) is 19.0. The molecule has 35 heavy (non-hydrogen) atoms. The van der Waals surface area contributed by atoms with Gasteiger partial charge in [-0.2, -0.15) is 5.10 Å². The maximum Gasteiger partial charge on any atom is 0.344 e. The number of hydrazone groups is 1. The van der Waals surface area contributed by atoms with Crippen molar-refractivity contribution in [2.45, 2.75) is 6.42 Å². The van der Waals surface area contributed by atoms with E-state index in [1.165, 1.54) is 6.21 Å². The first kappa shape index (κ1) is 23.4. The minimum Gasteiger partial charge on any atom is -0.483 e. The molecular formula is C29H24N2O4. The Hall–Kier alpha value is -4.71. The van der Waals surface area contributed by atoms with E-state index < -0.39 is 5.97 Å². The fourth-order valence-corrected chi connectivity index (χ4v) is 3.51. The van der Waals surface area contributed by atoms with Gasteiger partial charge in [-0.15, -0.1) is 6.58 Å². The maximum absolute atomic E-state index is 12.7. The molecule has 6 nitrogen and oxygen atoms in total. The molecule has 0 bridgehead atoms. The van der Waals surface area contributed by atoms with Crippen molar-refractivity contribution in [2.75, 3.05) is 6.61 Å². The van der Waals surface area contributed by atoms with Crippen LogP contribution in [0.1, 0.15) is 21.5 Å². The zero-order valence-electron chi connectivity index (χ0n) is 19.0. The molecule has 1 amide bonds. The van der Waals surface area contributed by atoms with Gasteiger partial charge in [0, 0.05) is 0 Å². The number of carbonyl (C=O) groups is 2. The summed E-state index contributed by atoms with van der Waals surface area (Å²) >= 11 is 0. The van der Waals surface area contributed by atoms with Crippen LogP contribution in [0.3, 0.4) is 0 Å².